The van der Waals surface area contributed by atoms with Crippen LogP contribution < -0.4 is 0 Å². The maximum Gasteiger partial charge on any atom is 0.150 e. The van der Waals surface area contributed by atoms with Crippen LogP contribution in [0.3, 0.4) is 0 Å². The van der Waals surface area contributed by atoms with Crippen LogP contribution in [0.25, 0.3) is 11.1 Å². The highest BCUT2D eigenvalue weighted by Gasteiger charge is 2.05. The highest BCUT2D eigenvalue weighted by atomic mass is 79.9. The minimum Gasteiger partial charge on any atom is -0.298 e. The van der Waals surface area contributed by atoms with Crippen molar-refractivity contribution in [1.29, 1.82) is 0 Å². The Morgan fingerprint density at radius 2 is 1.75 bits per heavy atom. The van der Waals surface area contributed by atoms with Crippen molar-refractivity contribution in [1.82, 2.24) is 0 Å². The molecule has 0 atom stereocenters. The van der Waals surface area contributed by atoms with E-state index in [2.05, 4.69) is 15.9 Å². The molecule has 0 saturated carbocycles. The van der Waals surface area contributed by atoms with Crippen LogP contribution in [0.2, 0.25) is 0 Å². The fourth-order valence-corrected chi connectivity index (χ4v) is 1.73. The van der Waals surface area contributed by atoms with Gasteiger partial charge in [-0.15, -0.1) is 0 Å². The maximum atomic E-state index is 13.7. The molecule has 1 nitrogen and oxygen atoms in total. The van der Waals surface area contributed by atoms with Crippen LogP contribution in [0.5, 0.6) is 0 Å². The predicted octanol–water partition coefficient (Wildman–Crippen LogP) is 4.07. The van der Waals surface area contributed by atoms with E-state index in [0.717, 1.165) is 10.0 Å². The monoisotopic (exact) mass is 278 g/mol. The van der Waals surface area contributed by atoms with Gasteiger partial charge in [-0.2, -0.15) is 0 Å². The molecule has 3 heteroatoms. The second-order valence-electron chi connectivity index (χ2n) is 3.36. The zero-order chi connectivity index (χ0) is 11.5. The molecule has 16 heavy (non-hydrogen) atoms. The van der Waals surface area contributed by atoms with Gasteiger partial charge in [0.15, 0.2) is 0 Å². The number of benzene rings is 2. The van der Waals surface area contributed by atoms with Crippen molar-refractivity contribution in [2.45, 2.75) is 0 Å². The first-order chi connectivity index (χ1) is 7.70. The van der Waals surface area contributed by atoms with Gasteiger partial charge in [0.25, 0.3) is 0 Å². The Bertz CT molecular complexity index is 520. The lowest BCUT2D eigenvalue weighted by Crippen LogP contribution is -1.87. The molecule has 2 aromatic carbocycles. The van der Waals surface area contributed by atoms with Crippen molar-refractivity contribution >= 4 is 22.2 Å². The minimum atomic E-state index is -0.382. The molecule has 0 aliphatic carbocycles. The molecule has 0 fully saturated rings. The normalized spacial score (nSPS) is 10.1. The summed E-state index contributed by atoms with van der Waals surface area (Å²) in [6, 6.07) is 11.8. The molecule has 0 N–H and O–H groups in total. The second-order valence-corrected chi connectivity index (χ2v) is 4.28. The van der Waals surface area contributed by atoms with E-state index in [4.69, 9.17) is 0 Å². The summed E-state index contributed by atoms with van der Waals surface area (Å²) in [5.74, 6) is -0.382. The molecule has 0 spiro atoms. The van der Waals surface area contributed by atoms with Gasteiger partial charge in [-0.3, -0.25) is 4.79 Å². The van der Waals surface area contributed by atoms with Gasteiger partial charge >= 0.3 is 0 Å². The van der Waals surface area contributed by atoms with Crippen molar-refractivity contribution in [3.63, 3.8) is 0 Å². The van der Waals surface area contributed by atoms with Gasteiger partial charge < -0.3 is 0 Å². The highest BCUT2D eigenvalue weighted by Crippen LogP contribution is 2.24. The number of hydrogen-bond donors (Lipinski definition) is 0. The molecule has 0 amide bonds. The fourth-order valence-electron chi connectivity index (χ4n) is 1.47. The average molecular weight is 279 g/mol. The van der Waals surface area contributed by atoms with Gasteiger partial charge in [-0.05, 0) is 23.8 Å². The topological polar surface area (TPSA) is 17.1 Å². The lowest BCUT2D eigenvalue weighted by molar-refractivity contribution is 0.112. The zero-order valence-electron chi connectivity index (χ0n) is 8.28. The van der Waals surface area contributed by atoms with Crippen molar-refractivity contribution in [3.05, 3.63) is 58.3 Å². The van der Waals surface area contributed by atoms with Gasteiger partial charge in [0.2, 0.25) is 0 Å². The lowest BCUT2D eigenvalue weighted by atomic mass is 10.0. The molecular weight excluding hydrogens is 271 g/mol. The third kappa shape index (κ3) is 2.19. The zero-order valence-corrected chi connectivity index (χ0v) is 9.87. The van der Waals surface area contributed by atoms with Gasteiger partial charge in [-0.25, -0.2) is 4.39 Å². The Kier molecular flexibility index (Phi) is 3.15. The summed E-state index contributed by atoms with van der Waals surface area (Å²) < 4.78 is 14.6. The van der Waals surface area contributed by atoms with Crippen molar-refractivity contribution in [3.8, 4) is 11.1 Å². The minimum absolute atomic E-state index is 0.346. The van der Waals surface area contributed by atoms with Crippen LogP contribution >= 0.6 is 15.9 Å². The van der Waals surface area contributed by atoms with Crippen LogP contribution in [0, 0.1) is 5.82 Å². The molecular formula is C13H8BrFO. The van der Waals surface area contributed by atoms with Gasteiger partial charge in [0.1, 0.15) is 12.1 Å². The lowest BCUT2D eigenvalue weighted by Gasteiger charge is -2.04. The highest BCUT2D eigenvalue weighted by molar-refractivity contribution is 9.10. The van der Waals surface area contributed by atoms with Gasteiger partial charge in [0.05, 0.1) is 0 Å². The second kappa shape index (κ2) is 4.58. The first-order valence-electron chi connectivity index (χ1n) is 4.71. The first kappa shape index (κ1) is 11.0. The smallest absolute Gasteiger partial charge is 0.150 e. The predicted molar refractivity (Wildman–Crippen MR) is 64.9 cm³/mol. The SMILES string of the molecule is O=Cc1ccc(-c2ccc(Br)cc2)c(F)c1. The number of rotatable bonds is 2. The van der Waals surface area contributed by atoms with Crippen LogP contribution in [-0.4, -0.2) is 6.29 Å². The molecule has 0 radical (unpaired) electrons. The molecule has 0 heterocycles. The Morgan fingerprint density at radius 1 is 1.06 bits per heavy atom. The number of hydrogen-bond acceptors (Lipinski definition) is 1. The van der Waals surface area contributed by atoms with E-state index in [0.29, 0.717) is 17.4 Å². The maximum absolute atomic E-state index is 13.7. The van der Waals surface area contributed by atoms with Crippen molar-refractivity contribution in [2.24, 2.45) is 0 Å². The Morgan fingerprint density at radius 3 is 2.31 bits per heavy atom. The fraction of sp³-hybridized carbons (Fsp3) is 0. The molecule has 0 saturated heterocycles. The number of aldehydes is 1. The molecule has 0 bridgehead atoms. The number of carbonyl (C=O) groups excluding carboxylic acids is 1. The standard InChI is InChI=1S/C13H8BrFO/c14-11-4-2-10(3-5-11)12-6-1-9(8-16)7-13(12)15/h1-8H. The van der Waals surface area contributed by atoms with Crippen molar-refractivity contribution in [2.75, 3.05) is 0 Å². The first-order valence-corrected chi connectivity index (χ1v) is 5.50. The molecule has 80 valence electrons. The Labute approximate surface area is 101 Å². The molecule has 2 aromatic rings. The van der Waals surface area contributed by atoms with Crippen LogP contribution in [0.15, 0.2) is 46.9 Å². The summed E-state index contributed by atoms with van der Waals surface area (Å²) in [5.41, 5.74) is 1.63. The molecule has 0 aliphatic heterocycles. The van der Waals surface area contributed by atoms with Crippen LogP contribution in [0.1, 0.15) is 10.4 Å². The number of carbonyl (C=O) groups is 1. The van der Waals surface area contributed by atoms with E-state index < -0.39 is 0 Å². The summed E-state index contributed by atoms with van der Waals surface area (Å²) >= 11 is 3.32. The van der Waals surface area contributed by atoms with E-state index in [1.807, 2.05) is 24.3 Å². The summed E-state index contributed by atoms with van der Waals surface area (Å²) in [5, 5.41) is 0. The molecule has 0 aromatic heterocycles. The quantitative estimate of drug-likeness (QED) is 0.757. The van der Waals surface area contributed by atoms with Gasteiger partial charge in [-0.1, -0.05) is 40.2 Å². The molecule has 0 unspecified atom stereocenters. The van der Waals surface area contributed by atoms with E-state index >= 15 is 0 Å². The summed E-state index contributed by atoms with van der Waals surface area (Å²) in [6.07, 6.45) is 0.633. The van der Waals surface area contributed by atoms with E-state index in [1.54, 1.807) is 12.1 Å². The molecule has 0 aliphatic rings. The summed E-state index contributed by atoms with van der Waals surface area (Å²) in [7, 11) is 0. The van der Waals surface area contributed by atoms with Crippen LogP contribution in [-0.2, 0) is 0 Å². The van der Waals surface area contributed by atoms with E-state index in [9.17, 15) is 9.18 Å². The number of halogens is 2. The summed E-state index contributed by atoms with van der Waals surface area (Å²) in [4.78, 5) is 10.5. The molecule has 2 rings (SSSR count). The third-order valence-corrected chi connectivity index (χ3v) is 2.81. The van der Waals surface area contributed by atoms with E-state index in [1.165, 1.54) is 6.07 Å². The van der Waals surface area contributed by atoms with Gasteiger partial charge in [0, 0.05) is 15.6 Å². The largest absolute Gasteiger partial charge is 0.298 e. The third-order valence-electron chi connectivity index (χ3n) is 2.28. The van der Waals surface area contributed by atoms with Crippen molar-refractivity contribution < 1.29 is 9.18 Å². The average Bonchev–Trinajstić information content (AvgIpc) is 2.30. The van der Waals surface area contributed by atoms with E-state index in [-0.39, 0.29) is 5.82 Å². The Hall–Kier alpha value is -1.48. The van der Waals surface area contributed by atoms with Crippen LogP contribution in [0.4, 0.5) is 4.39 Å². The Balaban J connectivity index is 2.48. The summed E-state index contributed by atoms with van der Waals surface area (Å²) in [6.45, 7) is 0.